The fourth-order valence-corrected chi connectivity index (χ4v) is 0.557. The van der Waals surface area contributed by atoms with Gasteiger partial charge in [0, 0.05) is 13.8 Å². The van der Waals surface area contributed by atoms with Crippen molar-refractivity contribution in [2.75, 3.05) is 6.61 Å². The van der Waals surface area contributed by atoms with Crippen LogP contribution in [-0.4, -0.2) is 23.7 Å². The number of hydrogen-bond donors (Lipinski definition) is 1. The third kappa shape index (κ3) is 99.8. The van der Waals surface area contributed by atoms with Gasteiger partial charge in [-0.05, 0) is 6.92 Å². The maximum Gasteiger partial charge on any atom is 0.302 e. The van der Waals surface area contributed by atoms with Crippen molar-refractivity contribution in [2.45, 2.75) is 53.9 Å². The van der Waals surface area contributed by atoms with Crippen LogP contribution in [0.2, 0.25) is 0 Å². The summed E-state index contributed by atoms with van der Waals surface area (Å²) in [6.07, 6.45) is 4.08. The van der Waals surface area contributed by atoms with E-state index in [1.807, 2.05) is 0 Å². The molecule has 0 aliphatic heterocycles. The van der Waals surface area contributed by atoms with E-state index in [0.717, 1.165) is 6.92 Å². The van der Waals surface area contributed by atoms with Gasteiger partial charge in [0.05, 0.1) is 6.61 Å². The molecule has 0 aliphatic rings. The van der Waals surface area contributed by atoms with E-state index in [1.54, 1.807) is 6.92 Å². The highest BCUT2D eigenvalue weighted by Crippen LogP contribution is 1.88. The maximum absolute atomic E-state index is 9.82. The standard InChI is InChI=1S/C5H12.C4H8O2.C2H4O2/c1-3-5-4-2;1-3-6-4(2)5;1-2(3)4/h3-5H2,1-2H3;3H2,1-2H3;1H3,(H,3,4). The Hall–Kier alpha value is -1.06. The molecule has 0 bridgehead atoms. The fraction of sp³-hybridized carbons (Fsp3) is 0.818. The van der Waals surface area contributed by atoms with Crippen LogP contribution >= 0.6 is 0 Å². The topological polar surface area (TPSA) is 63.6 Å². The molecule has 0 aromatic heterocycles. The number of hydrogen-bond acceptors (Lipinski definition) is 3. The van der Waals surface area contributed by atoms with Crippen molar-refractivity contribution in [1.82, 2.24) is 0 Å². The lowest BCUT2D eigenvalue weighted by molar-refractivity contribution is -0.140. The lowest BCUT2D eigenvalue weighted by Gasteiger charge is -1.89. The first kappa shape index (κ1) is 19.5. The van der Waals surface area contributed by atoms with E-state index in [0.29, 0.717) is 6.61 Å². The van der Waals surface area contributed by atoms with Crippen LogP contribution in [0.3, 0.4) is 0 Å². The van der Waals surface area contributed by atoms with Crippen LogP contribution < -0.4 is 0 Å². The summed E-state index contributed by atoms with van der Waals surface area (Å²) < 4.78 is 4.40. The summed E-state index contributed by atoms with van der Waals surface area (Å²) >= 11 is 0. The number of unbranched alkanes of at least 4 members (excludes halogenated alkanes) is 2. The first-order chi connectivity index (χ1) is 6.92. The van der Waals surface area contributed by atoms with Crippen LogP contribution in [0.1, 0.15) is 53.9 Å². The predicted octanol–water partition coefficient (Wildman–Crippen LogP) is 2.86. The average molecular weight is 220 g/mol. The van der Waals surface area contributed by atoms with E-state index in [2.05, 4.69) is 18.6 Å². The van der Waals surface area contributed by atoms with Crippen LogP contribution in [-0.2, 0) is 14.3 Å². The highest BCUT2D eigenvalue weighted by Gasteiger charge is 1.81. The molecule has 0 heterocycles. The molecule has 0 rings (SSSR count). The Bertz CT molecular complexity index is 138. The highest BCUT2D eigenvalue weighted by atomic mass is 16.5. The molecule has 0 aliphatic carbocycles. The summed E-state index contributed by atoms with van der Waals surface area (Å²) in [7, 11) is 0. The van der Waals surface area contributed by atoms with Gasteiger partial charge in [-0.3, -0.25) is 9.59 Å². The second kappa shape index (κ2) is 18.7. The van der Waals surface area contributed by atoms with E-state index in [1.165, 1.54) is 26.2 Å². The molecule has 0 aromatic rings. The molecule has 0 unspecified atom stereocenters. The Morgan fingerprint density at radius 1 is 1.07 bits per heavy atom. The molecule has 1 N–H and O–H groups in total. The molecular weight excluding hydrogens is 196 g/mol. The van der Waals surface area contributed by atoms with Gasteiger partial charge in [0.15, 0.2) is 0 Å². The third-order valence-electron chi connectivity index (χ3n) is 1.05. The highest BCUT2D eigenvalue weighted by molar-refractivity contribution is 5.65. The zero-order chi connectivity index (χ0) is 12.7. The summed E-state index contributed by atoms with van der Waals surface area (Å²) in [4.78, 5) is 18.8. The van der Waals surface area contributed by atoms with Crippen LogP contribution in [0.15, 0.2) is 0 Å². The SMILES string of the molecule is CC(=O)O.CCCCC.CCOC(C)=O. The summed E-state index contributed by atoms with van der Waals surface area (Å²) in [6, 6.07) is 0. The Labute approximate surface area is 92.6 Å². The van der Waals surface area contributed by atoms with Gasteiger partial charge in [-0.1, -0.05) is 33.1 Å². The van der Waals surface area contributed by atoms with Gasteiger partial charge >= 0.3 is 5.97 Å². The predicted molar refractivity (Wildman–Crippen MR) is 60.8 cm³/mol. The third-order valence-corrected chi connectivity index (χ3v) is 1.05. The van der Waals surface area contributed by atoms with E-state index >= 15 is 0 Å². The number of carbonyl (C=O) groups is 2. The summed E-state index contributed by atoms with van der Waals surface area (Å²) in [5, 5.41) is 7.42. The van der Waals surface area contributed by atoms with Crippen LogP contribution in [0, 0.1) is 0 Å². The molecule has 4 heteroatoms. The quantitative estimate of drug-likeness (QED) is 0.743. The minimum Gasteiger partial charge on any atom is -0.481 e. The second-order valence-corrected chi connectivity index (χ2v) is 2.80. The number of ether oxygens (including phenoxy) is 1. The molecule has 15 heavy (non-hydrogen) atoms. The van der Waals surface area contributed by atoms with Crippen molar-refractivity contribution in [3.63, 3.8) is 0 Å². The monoisotopic (exact) mass is 220 g/mol. The van der Waals surface area contributed by atoms with E-state index in [-0.39, 0.29) is 5.97 Å². The number of carbonyl (C=O) groups excluding carboxylic acids is 1. The molecule has 4 nitrogen and oxygen atoms in total. The van der Waals surface area contributed by atoms with Gasteiger partial charge < -0.3 is 9.84 Å². The van der Waals surface area contributed by atoms with Crippen LogP contribution in [0.25, 0.3) is 0 Å². The minimum absolute atomic E-state index is 0.211. The molecule has 0 radical (unpaired) electrons. The largest absolute Gasteiger partial charge is 0.481 e. The van der Waals surface area contributed by atoms with Crippen molar-refractivity contribution < 1.29 is 19.4 Å². The fourth-order valence-electron chi connectivity index (χ4n) is 0.557. The molecule has 0 fully saturated rings. The Morgan fingerprint density at radius 3 is 1.40 bits per heavy atom. The Kier molecular flexibility index (Phi) is 24.3. The van der Waals surface area contributed by atoms with E-state index in [9.17, 15) is 4.79 Å². The number of aliphatic carboxylic acids is 1. The van der Waals surface area contributed by atoms with Gasteiger partial charge in [-0.2, -0.15) is 0 Å². The second-order valence-electron chi connectivity index (χ2n) is 2.80. The minimum atomic E-state index is -0.833. The molecule has 92 valence electrons. The first-order valence-electron chi connectivity index (χ1n) is 5.25. The van der Waals surface area contributed by atoms with Crippen molar-refractivity contribution in [1.29, 1.82) is 0 Å². The Morgan fingerprint density at radius 2 is 1.40 bits per heavy atom. The Balaban J connectivity index is -0.000000147. The molecule has 0 spiro atoms. The number of carboxylic acids is 1. The summed E-state index contributed by atoms with van der Waals surface area (Å²) in [5.41, 5.74) is 0. The maximum atomic E-state index is 9.82. The zero-order valence-electron chi connectivity index (χ0n) is 10.5. The van der Waals surface area contributed by atoms with Gasteiger partial charge in [0.1, 0.15) is 0 Å². The van der Waals surface area contributed by atoms with Crippen molar-refractivity contribution in [3.8, 4) is 0 Å². The zero-order valence-corrected chi connectivity index (χ0v) is 10.5. The molecule has 0 amide bonds. The van der Waals surface area contributed by atoms with Gasteiger partial charge in [0.2, 0.25) is 0 Å². The summed E-state index contributed by atoms with van der Waals surface area (Å²) in [6.45, 7) is 9.16. The smallest absolute Gasteiger partial charge is 0.302 e. The molecule has 0 saturated carbocycles. The lowest BCUT2D eigenvalue weighted by atomic mass is 10.3. The molecule has 0 aromatic carbocycles. The number of rotatable bonds is 3. The van der Waals surface area contributed by atoms with Crippen LogP contribution in [0.4, 0.5) is 0 Å². The molecule has 0 atom stereocenters. The van der Waals surface area contributed by atoms with Crippen LogP contribution in [0.5, 0.6) is 0 Å². The normalized spacial score (nSPS) is 7.53. The summed E-state index contributed by atoms with van der Waals surface area (Å²) in [5.74, 6) is -1.04. The van der Waals surface area contributed by atoms with Crippen molar-refractivity contribution in [3.05, 3.63) is 0 Å². The molecular formula is C11H24O4. The van der Waals surface area contributed by atoms with Crippen molar-refractivity contribution >= 4 is 11.9 Å². The van der Waals surface area contributed by atoms with Crippen molar-refractivity contribution in [2.24, 2.45) is 0 Å². The van der Waals surface area contributed by atoms with E-state index in [4.69, 9.17) is 9.90 Å². The number of esters is 1. The van der Waals surface area contributed by atoms with Gasteiger partial charge in [-0.15, -0.1) is 0 Å². The van der Waals surface area contributed by atoms with Gasteiger partial charge in [-0.25, -0.2) is 0 Å². The van der Waals surface area contributed by atoms with Gasteiger partial charge in [0.25, 0.3) is 5.97 Å². The molecule has 0 saturated heterocycles. The average Bonchev–Trinajstić information content (AvgIpc) is 2.05. The van der Waals surface area contributed by atoms with E-state index < -0.39 is 5.97 Å². The first-order valence-corrected chi connectivity index (χ1v) is 5.25. The number of carboxylic acid groups (broad SMARTS) is 1. The lowest BCUT2D eigenvalue weighted by Crippen LogP contribution is -1.95.